The monoisotopic (exact) mass is 347 g/mol. The van der Waals surface area contributed by atoms with E-state index >= 15 is 0 Å². The summed E-state index contributed by atoms with van der Waals surface area (Å²) in [7, 11) is 0. The molecule has 0 aliphatic rings. The van der Waals surface area contributed by atoms with Crippen molar-refractivity contribution in [3.05, 3.63) is 83.9 Å². The van der Waals surface area contributed by atoms with Gasteiger partial charge in [-0.2, -0.15) is 0 Å². The van der Waals surface area contributed by atoms with Crippen molar-refractivity contribution in [2.45, 2.75) is 19.4 Å². The van der Waals surface area contributed by atoms with Gasteiger partial charge in [0.2, 0.25) is 0 Å². The van der Waals surface area contributed by atoms with Crippen LogP contribution >= 0.6 is 0 Å². The van der Waals surface area contributed by atoms with Crippen molar-refractivity contribution in [1.82, 2.24) is 5.32 Å². The number of fused-ring (bicyclic) bond motifs is 1. The van der Waals surface area contributed by atoms with E-state index < -0.39 is 5.97 Å². The Morgan fingerprint density at radius 1 is 0.923 bits per heavy atom. The molecule has 0 aliphatic heterocycles. The van der Waals surface area contributed by atoms with Gasteiger partial charge in [0.15, 0.2) is 6.61 Å². The van der Waals surface area contributed by atoms with Gasteiger partial charge >= 0.3 is 5.97 Å². The number of nitrogens with one attached hydrogen (secondary N) is 1. The Morgan fingerprint density at radius 3 is 2.42 bits per heavy atom. The van der Waals surface area contributed by atoms with Gasteiger partial charge in [0, 0.05) is 0 Å². The topological polar surface area (TPSA) is 55.4 Å². The predicted octanol–water partition coefficient (Wildman–Crippen LogP) is 3.80. The van der Waals surface area contributed by atoms with Gasteiger partial charge in [-0.1, -0.05) is 72.8 Å². The summed E-state index contributed by atoms with van der Waals surface area (Å²) in [4.78, 5) is 24.1. The average Bonchev–Trinajstić information content (AvgIpc) is 2.67. The molecular formula is C22H21NO3. The van der Waals surface area contributed by atoms with Gasteiger partial charge in [-0.05, 0) is 28.8 Å². The van der Waals surface area contributed by atoms with E-state index in [1.165, 1.54) is 0 Å². The summed E-state index contributed by atoms with van der Waals surface area (Å²) in [5.74, 6) is -0.725. The molecule has 4 nitrogen and oxygen atoms in total. The summed E-state index contributed by atoms with van der Waals surface area (Å²) < 4.78 is 5.14. The van der Waals surface area contributed by atoms with Crippen molar-refractivity contribution in [2.75, 3.05) is 6.61 Å². The second-order valence-corrected chi connectivity index (χ2v) is 6.18. The number of rotatable bonds is 6. The fourth-order valence-electron chi connectivity index (χ4n) is 2.91. The SMILES string of the molecule is C[C@H](NC(=O)COC(=O)Cc1cccc2ccccc12)c1ccccc1. The Balaban J connectivity index is 1.53. The van der Waals surface area contributed by atoms with Crippen LogP contribution in [0.2, 0.25) is 0 Å². The van der Waals surface area contributed by atoms with E-state index in [1.54, 1.807) is 0 Å². The molecule has 0 heterocycles. The minimum atomic E-state index is -0.413. The first-order chi connectivity index (χ1) is 12.6. The molecule has 4 heteroatoms. The van der Waals surface area contributed by atoms with Crippen molar-refractivity contribution >= 4 is 22.6 Å². The third-order valence-electron chi connectivity index (χ3n) is 4.26. The fraction of sp³-hybridized carbons (Fsp3) is 0.182. The molecule has 0 unspecified atom stereocenters. The molecule has 0 spiro atoms. The Kier molecular flexibility index (Phi) is 5.64. The summed E-state index contributed by atoms with van der Waals surface area (Å²) in [6.45, 7) is 1.62. The van der Waals surface area contributed by atoms with Crippen LogP contribution in [0.1, 0.15) is 24.1 Å². The molecule has 3 aromatic carbocycles. The Bertz CT molecular complexity index is 900. The van der Waals surface area contributed by atoms with Crippen LogP contribution in [0.3, 0.4) is 0 Å². The van der Waals surface area contributed by atoms with Crippen molar-refractivity contribution in [2.24, 2.45) is 0 Å². The standard InChI is InChI=1S/C22H21NO3/c1-16(17-8-3-2-4-9-17)23-21(24)15-26-22(25)14-19-12-7-11-18-10-5-6-13-20(18)19/h2-13,16H,14-15H2,1H3,(H,23,24)/t16-/m0/s1. The zero-order chi connectivity index (χ0) is 18.4. The largest absolute Gasteiger partial charge is 0.455 e. The lowest BCUT2D eigenvalue weighted by atomic mass is 10.0. The lowest BCUT2D eigenvalue weighted by Crippen LogP contribution is -2.31. The van der Waals surface area contributed by atoms with Gasteiger partial charge in [0.25, 0.3) is 5.91 Å². The molecule has 1 atom stereocenters. The smallest absolute Gasteiger partial charge is 0.310 e. The van der Waals surface area contributed by atoms with E-state index in [2.05, 4.69) is 5.32 Å². The summed E-state index contributed by atoms with van der Waals surface area (Å²) in [5.41, 5.74) is 1.90. The molecule has 1 amide bonds. The van der Waals surface area contributed by atoms with Gasteiger partial charge in [-0.25, -0.2) is 0 Å². The fourth-order valence-corrected chi connectivity index (χ4v) is 2.91. The predicted molar refractivity (Wildman–Crippen MR) is 102 cm³/mol. The highest BCUT2D eigenvalue weighted by atomic mass is 16.5. The van der Waals surface area contributed by atoms with Crippen molar-refractivity contribution in [1.29, 1.82) is 0 Å². The summed E-state index contributed by atoms with van der Waals surface area (Å²) in [5, 5.41) is 4.93. The lowest BCUT2D eigenvalue weighted by Gasteiger charge is -2.14. The van der Waals surface area contributed by atoms with E-state index in [0.717, 1.165) is 21.9 Å². The molecule has 26 heavy (non-hydrogen) atoms. The third kappa shape index (κ3) is 4.48. The highest BCUT2D eigenvalue weighted by Crippen LogP contribution is 2.19. The van der Waals surface area contributed by atoms with Crippen LogP contribution in [0, 0.1) is 0 Å². The maximum absolute atomic E-state index is 12.1. The first kappa shape index (κ1) is 17.7. The Hall–Kier alpha value is -3.14. The van der Waals surface area contributed by atoms with Crippen molar-refractivity contribution in [3.8, 4) is 0 Å². The highest BCUT2D eigenvalue weighted by Gasteiger charge is 2.13. The van der Waals surface area contributed by atoms with Crippen LogP contribution in [0.15, 0.2) is 72.8 Å². The Morgan fingerprint density at radius 2 is 1.62 bits per heavy atom. The molecule has 0 radical (unpaired) electrons. The van der Waals surface area contributed by atoms with Gasteiger partial charge in [-0.3, -0.25) is 9.59 Å². The number of amides is 1. The van der Waals surface area contributed by atoms with E-state index in [9.17, 15) is 9.59 Å². The summed E-state index contributed by atoms with van der Waals surface area (Å²) >= 11 is 0. The van der Waals surface area contributed by atoms with E-state index in [4.69, 9.17) is 4.74 Å². The lowest BCUT2D eigenvalue weighted by molar-refractivity contribution is -0.148. The van der Waals surface area contributed by atoms with Gasteiger partial charge in [-0.15, -0.1) is 0 Å². The molecule has 0 fully saturated rings. The van der Waals surface area contributed by atoms with Crippen molar-refractivity contribution < 1.29 is 14.3 Å². The number of esters is 1. The molecule has 0 saturated carbocycles. The third-order valence-corrected chi connectivity index (χ3v) is 4.26. The molecule has 0 saturated heterocycles. The highest BCUT2D eigenvalue weighted by molar-refractivity contribution is 5.89. The van der Waals surface area contributed by atoms with Crippen LogP contribution in [0.4, 0.5) is 0 Å². The first-order valence-corrected chi connectivity index (χ1v) is 8.60. The molecule has 132 valence electrons. The molecule has 1 N–H and O–H groups in total. The van der Waals surface area contributed by atoms with Crippen LogP contribution in [-0.2, 0) is 20.7 Å². The van der Waals surface area contributed by atoms with Crippen LogP contribution < -0.4 is 5.32 Å². The van der Waals surface area contributed by atoms with Crippen molar-refractivity contribution in [3.63, 3.8) is 0 Å². The number of benzene rings is 3. The normalized spacial score (nSPS) is 11.7. The zero-order valence-electron chi connectivity index (χ0n) is 14.6. The minimum Gasteiger partial charge on any atom is -0.455 e. The minimum absolute atomic E-state index is 0.138. The number of hydrogen-bond donors (Lipinski definition) is 1. The molecule has 3 rings (SSSR count). The van der Waals surface area contributed by atoms with Crippen LogP contribution in [-0.4, -0.2) is 18.5 Å². The van der Waals surface area contributed by atoms with E-state index in [0.29, 0.717) is 0 Å². The maximum Gasteiger partial charge on any atom is 0.310 e. The number of carbonyl (C=O) groups excluding carboxylic acids is 2. The van der Waals surface area contributed by atoms with Gasteiger partial charge in [0.05, 0.1) is 12.5 Å². The zero-order valence-corrected chi connectivity index (χ0v) is 14.6. The summed E-state index contributed by atoms with van der Waals surface area (Å²) in [6, 6.07) is 23.2. The molecular weight excluding hydrogens is 326 g/mol. The van der Waals surface area contributed by atoms with Gasteiger partial charge < -0.3 is 10.1 Å². The quantitative estimate of drug-likeness (QED) is 0.690. The number of carbonyl (C=O) groups is 2. The molecule has 0 aliphatic carbocycles. The number of ether oxygens (including phenoxy) is 1. The van der Waals surface area contributed by atoms with E-state index in [1.807, 2.05) is 79.7 Å². The first-order valence-electron chi connectivity index (χ1n) is 8.60. The van der Waals surface area contributed by atoms with Gasteiger partial charge in [0.1, 0.15) is 0 Å². The second-order valence-electron chi connectivity index (χ2n) is 6.18. The van der Waals surface area contributed by atoms with Crippen LogP contribution in [0.5, 0.6) is 0 Å². The molecule has 0 aromatic heterocycles. The average molecular weight is 347 g/mol. The number of hydrogen-bond acceptors (Lipinski definition) is 3. The van der Waals surface area contributed by atoms with Crippen LogP contribution in [0.25, 0.3) is 10.8 Å². The molecule has 3 aromatic rings. The second kappa shape index (κ2) is 8.30. The maximum atomic E-state index is 12.1. The summed E-state index contributed by atoms with van der Waals surface area (Å²) in [6.07, 6.45) is 0.142. The molecule has 0 bridgehead atoms. The Labute approximate surface area is 152 Å². The van der Waals surface area contributed by atoms with E-state index in [-0.39, 0.29) is 25.0 Å².